The number of guanidine groups is 1. The molecule has 5 nitrogen and oxygen atoms in total. The zero-order chi connectivity index (χ0) is 13.1. The number of rotatable bonds is 4. The largest absolute Gasteiger partial charge is 0.497 e. The van der Waals surface area contributed by atoms with Crippen molar-refractivity contribution in [3.63, 3.8) is 0 Å². The number of nitrogens with two attached hydrogens (primary N) is 1. The molecule has 1 aromatic rings. The lowest BCUT2D eigenvalue weighted by atomic mass is 10.0. The van der Waals surface area contributed by atoms with Gasteiger partial charge >= 0.3 is 0 Å². The van der Waals surface area contributed by atoms with Crippen LogP contribution >= 0.6 is 0 Å². The molecule has 1 heterocycles. The molecule has 0 saturated heterocycles. The summed E-state index contributed by atoms with van der Waals surface area (Å²) in [7, 11) is 3.30. The summed E-state index contributed by atoms with van der Waals surface area (Å²) in [5.74, 6) is 2.19. The van der Waals surface area contributed by atoms with Gasteiger partial charge in [-0.3, -0.25) is 4.99 Å². The van der Waals surface area contributed by atoms with Gasteiger partial charge in [0.15, 0.2) is 5.96 Å². The monoisotopic (exact) mass is 249 g/mol. The lowest BCUT2D eigenvalue weighted by Crippen LogP contribution is -2.35. The van der Waals surface area contributed by atoms with Gasteiger partial charge in [-0.2, -0.15) is 0 Å². The predicted molar refractivity (Wildman–Crippen MR) is 71.2 cm³/mol. The number of nitrogens with zero attached hydrogens (tertiary/aromatic N) is 2. The van der Waals surface area contributed by atoms with Crippen LogP contribution in [0.3, 0.4) is 0 Å². The van der Waals surface area contributed by atoms with Gasteiger partial charge in [0, 0.05) is 18.2 Å². The standard InChI is InChI=1S/C13H19N3O2/c1-4-16-11(8-15-13(16)14)10-6-5-9(17-2)7-12(10)18-3/h5-7,11H,4,8H2,1-3H3,(H2,14,15). The van der Waals surface area contributed by atoms with E-state index in [2.05, 4.69) is 16.8 Å². The molecule has 0 saturated carbocycles. The molecule has 2 rings (SSSR count). The molecule has 0 bridgehead atoms. The number of methoxy groups -OCH3 is 2. The normalized spacial score (nSPS) is 18.7. The van der Waals surface area contributed by atoms with Crippen LogP contribution in [-0.4, -0.2) is 38.2 Å². The Bertz CT molecular complexity index is 460. The van der Waals surface area contributed by atoms with Crippen LogP contribution in [0, 0.1) is 0 Å². The van der Waals surface area contributed by atoms with Crippen LogP contribution in [0.4, 0.5) is 0 Å². The van der Waals surface area contributed by atoms with E-state index in [1.54, 1.807) is 14.2 Å². The number of likely N-dealkylation sites (N-methyl/N-ethyl adjacent to an activating group) is 1. The minimum atomic E-state index is 0.149. The van der Waals surface area contributed by atoms with Gasteiger partial charge in [0.25, 0.3) is 0 Å². The van der Waals surface area contributed by atoms with E-state index in [9.17, 15) is 0 Å². The van der Waals surface area contributed by atoms with Crippen LogP contribution in [0.25, 0.3) is 0 Å². The van der Waals surface area contributed by atoms with Crippen LogP contribution < -0.4 is 15.2 Å². The molecule has 0 amide bonds. The van der Waals surface area contributed by atoms with Crippen LogP contribution in [0.15, 0.2) is 23.2 Å². The Kier molecular flexibility index (Phi) is 3.60. The molecule has 0 aliphatic carbocycles. The molecule has 0 fully saturated rings. The summed E-state index contributed by atoms with van der Waals surface area (Å²) in [5, 5.41) is 0. The van der Waals surface area contributed by atoms with E-state index >= 15 is 0 Å². The number of benzene rings is 1. The fourth-order valence-corrected chi connectivity index (χ4v) is 2.27. The maximum atomic E-state index is 5.88. The third-order valence-corrected chi connectivity index (χ3v) is 3.24. The first kappa shape index (κ1) is 12.5. The topological polar surface area (TPSA) is 60.1 Å². The molecule has 1 aliphatic heterocycles. The molecule has 2 N–H and O–H groups in total. The van der Waals surface area contributed by atoms with Crippen LogP contribution in [0.1, 0.15) is 18.5 Å². The van der Waals surface area contributed by atoms with Crippen LogP contribution in [0.2, 0.25) is 0 Å². The SMILES string of the molecule is CCN1C(N)=NCC1c1ccc(OC)cc1OC. The van der Waals surface area contributed by atoms with Crippen molar-refractivity contribution in [2.75, 3.05) is 27.3 Å². The molecule has 98 valence electrons. The Morgan fingerprint density at radius 2 is 2.17 bits per heavy atom. The third kappa shape index (κ3) is 2.08. The van der Waals surface area contributed by atoms with E-state index in [4.69, 9.17) is 15.2 Å². The second-order valence-corrected chi connectivity index (χ2v) is 4.11. The summed E-state index contributed by atoms with van der Waals surface area (Å²) in [6.45, 7) is 3.56. The first-order valence-electron chi connectivity index (χ1n) is 5.99. The maximum Gasteiger partial charge on any atom is 0.191 e. The Balaban J connectivity index is 2.34. The number of ether oxygens (including phenoxy) is 2. The van der Waals surface area contributed by atoms with Crippen molar-refractivity contribution in [1.82, 2.24) is 4.90 Å². The predicted octanol–water partition coefficient (Wildman–Crippen LogP) is 1.40. The average molecular weight is 249 g/mol. The summed E-state index contributed by atoms with van der Waals surface area (Å²) >= 11 is 0. The molecular formula is C13H19N3O2. The molecule has 5 heteroatoms. The van der Waals surface area contributed by atoms with E-state index in [0.717, 1.165) is 23.6 Å². The Morgan fingerprint density at radius 3 is 2.78 bits per heavy atom. The van der Waals surface area contributed by atoms with Crippen molar-refractivity contribution in [3.05, 3.63) is 23.8 Å². The van der Waals surface area contributed by atoms with Gasteiger partial charge in [-0.1, -0.05) is 0 Å². The fourth-order valence-electron chi connectivity index (χ4n) is 2.27. The zero-order valence-corrected chi connectivity index (χ0v) is 11.0. The summed E-state index contributed by atoms with van der Waals surface area (Å²) in [4.78, 5) is 6.37. The van der Waals surface area contributed by atoms with Gasteiger partial charge in [-0.15, -0.1) is 0 Å². The molecule has 0 aromatic heterocycles. The average Bonchev–Trinajstić information content (AvgIpc) is 2.78. The molecule has 1 atom stereocenters. The second kappa shape index (κ2) is 5.16. The van der Waals surface area contributed by atoms with Crippen molar-refractivity contribution >= 4 is 5.96 Å². The quantitative estimate of drug-likeness (QED) is 0.876. The van der Waals surface area contributed by atoms with Gasteiger partial charge in [-0.05, 0) is 19.1 Å². The van der Waals surface area contributed by atoms with Gasteiger partial charge in [0.05, 0.1) is 26.8 Å². The van der Waals surface area contributed by atoms with Crippen molar-refractivity contribution in [1.29, 1.82) is 0 Å². The summed E-state index contributed by atoms with van der Waals surface area (Å²) in [6, 6.07) is 5.98. The minimum Gasteiger partial charge on any atom is -0.497 e. The van der Waals surface area contributed by atoms with E-state index in [1.807, 2.05) is 18.2 Å². The highest BCUT2D eigenvalue weighted by molar-refractivity contribution is 5.80. The second-order valence-electron chi connectivity index (χ2n) is 4.11. The van der Waals surface area contributed by atoms with Crippen LogP contribution in [-0.2, 0) is 0 Å². The smallest absolute Gasteiger partial charge is 0.191 e. The van der Waals surface area contributed by atoms with E-state index in [-0.39, 0.29) is 6.04 Å². The molecule has 1 aliphatic rings. The summed E-state index contributed by atoms with van der Waals surface area (Å²) in [6.07, 6.45) is 0. The molecule has 18 heavy (non-hydrogen) atoms. The Labute approximate surface area is 107 Å². The number of hydrogen-bond acceptors (Lipinski definition) is 5. The molecule has 0 radical (unpaired) electrons. The summed E-state index contributed by atoms with van der Waals surface area (Å²) < 4.78 is 10.6. The van der Waals surface area contributed by atoms with Gasteiger partial charge in [0.2, 0.25) is 0 Å². The Morgan fingerprint density at radius 1 is 1.39 bits per heavy atom. The molecule has 1 unspecified atom stereocenters. The highest BCUT2D eigenvalue weighted by Gasteiger charge is 2.28. The van der Waals surface area contributed by atoms with Crippen LogP contribution in [0.5, 0.6) is 11.5 Å². The molecular weight excluding hydrogens is 230 g/mol. The van der Waals surface area contributed by atoms with Gasteiger partial charge < -0.3 is 20.1 Å². The Hall–Kier alpha value is -1.91. The third-order valence-electron chi connectivity index (χ3n) is 3.24. The fraction of sp³-hybridized carbons (Fsp3) is 0.462. The van der Waals surface area contributed by atoms with Crippen molar-refractivity contribution in [2.45, 2.75) is 13.0 Å². The van der Waals surface area contributed by atoms with Gasteiger partial charge in [0.1, 0.15) is 11.5 Å². The summed E-state index contributed by atoms with van der Waals surface area (Å²) in [5.41, 5.74) is 6.96. The van der Waals surface area contributed by atoms with Crippen molar-refractivity contribution in [3.8, 4) is 11.5 Å². The lowest BCUT2D eigenvalue weighted by molar-refractivity contribution is 0.340. The number of hydrogen-bond donors (Lipinski definition) is 1. The molecule has 1 aromatic carbocycles. The van der Waals surface area contributed by atoms with E-state index in [0.29, 0.717) is 12.5 Å². The molecule has 0 spiro atoms. The van der Waals surface area contributed by atoms with Crippen molar-refractivity contribution in [2.24, 2.45) is 10.7 Å². The highest BCUT2D eigenvalue weighted by Crippen LogP contribution is 2.34. The van der Waals surface area contributed by atoms with E-state index < -0.39 is 0 Å². The number of aliphatic imine (C=N–C) groups is 1. The highest BCUT2D eigenvalue weighted by atomic mass is 16.5. The van der Waals surface area contributed by atoms with E-state index in [1.165, 1.54) is 0 Å². The van der Waals surface area contributed by atoms with Gasteiger partial charge in [-0.25, -0.2) is 0 Å². The maximum absolute atomic E-state index is 5.88. The first-order chi connectivity index (χ1) is 8.71. The zero-order valence-electron chi connectivity index (χ0n) is 11.0. The van der Waals surface area contributed by atoms with Crippen molar-refractivity contribution < 1.29 is 9.47 Å². The minimum absolute atomic E-state index is 0.149. The lowest BCUT2D eigenvalue weighted by Gasteiger charge is -2.26. The first-order valence-corrected chi connectivity index (χ1v) is 5.99.